The quantitative estimate of drug-likeness (QED) is 0.496. The fraction of sp³-hybridized carbons (Fsp3) is 0.500. The number of hydrogen-bond acceptors (Lipinski definition) is 3. The number of carbonyl (C=O) groups excluding carboxylic acids is 1. The standard InChI is InChI=1S/C14H22O3/c1-5-10-16-14(15)17-11-9-13(4)8-6-7-12(2)3/h5,7,9H,1,6,8,10-11H2,2-4H3. The van der Waals surface area contributed by atoms with Gasteiger partial charge in [0.2, 0.25) is 0 Å². The van der Waals surface area contributed by atoms with E-state index in [0.29, 0.717) is 0 Å². The van der Waals surface area contributed by atoms with Crippen molar-refractivity contribution in [2.45, 2.75) is 33.6 Å². The first-order valence-electron chi connectivity index (χ1n) is 5.75. The second-order valence-electron chi connectivity index (χ2n) is 4.03. The molecular weight excluding hydrogens is 216 g/mol. The summed E-state index contributed by atoms with van der Waals surface area (Å²) in [7, 11) is 0. The van der Waals surface area contributed by atoms with Crippen molar-refractivity contribution in [3.8, 4) is 0 Å². The summed E-state index contributed by atoms with van der Waals surface area (Å²) in [6, 6.07) is 0. The van der Waals surface area contributed by atoms with Crippen molar-refractivity contribution < 1.29 is 14.3 Å². The van der Waals surface area contributed by atoms with E-state index in [9.17, 15) is 4.79 Å². The van der Waals surface area contributed by atoms with Crippen LogP contribution < -0.4 is 0 Å². The Kier molecular flexibility index (Phi) is 8.84. The van der Waals surface area contributed by atoms with Crippen molar-refractivity contribution in [2.75, 3.05) is 13.2 Å². The largest absolute Gasteiger partial charge is 0.508 e. The van der Waals surface area contributed by atoms with Crippen LogP contribution in [0.1, 0.15) is 33.6 Å². The molecule has 96 valence electrons. The van der Waals surface area contributed by atoms with Gasteiger partial charge in [-0.1, -0.05) is 29.9 Å². The van der Waals surface area contributed by atoms with Crippen molar-refractivity contribution in [1.29, 1.82) is 0 Å². The summed E-state index contributed by atoms with van der Waals surface area (Å²) >= 11 is 0. The SMILES string of the molecule is C=CCOC(=O)OCC=C(C)CCC=C(C)C. The minimum absolute atomic E-state index is 0.183. The molecule has 0 aliphatic heterocycles. The summed E-state index contributed by atoms with van der Waals surface area (Å²) in [4.78, 5) is 11.0. The Hall–Kier alpha value is -1.51. The van der Waals surface area contributed by atoms with Crippen LogP contribution in [-0.2, 0) is 9.47 Å². The molecule has 0 aromatic heterocycles. The van der Waals surface area contributed by atoms with Crippen LogP contribution in [0, 0.1) is 0 Å². The molecule has 3 heteroatoms. The van der Waals surface area contributed by atoms with Crippen molar-refractivity contribution in [1.82, 2.24) is 0 Å². The third-order valence-electron chi connectivity index (χ3n) is 2.04. The van der Waals surface area contributed by atoms with Crippen LogP contribution >= 0.6 is 0 Å². The molecule has 0 atom stereocenters. The zero-order chi connectivity index (χ0) is 13.1. The van der Waals surface area contributed by atoms with E-state index in [1.165, 1.54) is 17.2 Å². The van der Waals surface area contributed by atoms with E-state index in [4.69, 9.17) is 4.74 Å². The number of ether oxygens (including phenoxy) is 2. The molecule has 0 aliphatic carbocycles. The van der Waals surface area contributed by atoms with Crippen molar-refractivity contribution in [2.24, 2.45) is 0 Å². The van der Waals surface area contributed by atoms with Gasteiger partial charge >= 0.3 is 6.16 Å². The van der Waals surface area contributed by atoms with Gasteiger partial charge in [-0.2, -0.15) is 0 Å². The molecule has 0 aliphatic rings. The number of rotatable bonds is 7. The Morgan fingerprint density at radius 3 is 2.35 bits per heavy atom. The lowest BCUT2D eigenvalue weighted by molar-refractivity contribution is 0.0717. The maximum absolute atomic E-state index is 11.0. The highest BCUT2D eigenvalue weighted by molar-refractivity contribution is 5.60. The normalized spacial score (nSPS) is 10.6. The predicted octanol–water partition coefficient (Wildman–Crippen LogP) is 4.02. The van der Waals surface area contributed by atoms with Crippen molar-refractivity contribution in [3.05, 3.63) is 36.0 Å². The molecule has 0 aromatic rings. The summed E-state index contributed by atoms with van der Waals surface area (Å²) in [5.74, 6) is 0. The highest BCUT2D eigenvalue weighted by atomic mass is 16.7. The van der Waals surface area contributed by atoms with Gasteiger partial charge < -0.3 is 9.47 Å². The Labute approximate surface area is 104 Å². The molecule has 0 bridgehead atoms. The van der Waals surface area contributed by atoms with Gasteiger partial charge in [-0.15, -0.1) is 0 Å². The molecule has 0 aromatic carbocycles. The van der Waals surface area contributed by atoms with Gasteiger partial charge in [0.1, 0.15) is 13.2 Å². The van der Waals surface area contributed by atoms with E-state index in [0.717, 1.165) is 12.8 Å². The maximum atomic E-state index is 11.0. The van der Waals surface area contributed by atoms with Crippen LogP contribution in [0.4, 0.5) is 4.79 Å². The molecular formula is C14H22O3. The highest BCUT2D eigenvalue weighted by Gasteiger charge is 1.99. The lowest BCUT2D eigenvalue weighted by Crippen LogP contribution is -2.07. The van der Waals surface area contributed by atoms with Crippen molar-refractivity contribution in [3.63, 3.8) is 0 Å². The number of allylic oxidation sites excluding steroid dienone is 3. The number of carbonyl (C=O) groups is 1. The molecule has 0 fully saturated rings. The Morgan fingerprint density at radius 2 is 1.76 bits per heavy atom. The molecule has 0 rings (SSSR count). The summed E-state index contributed by atoms with van der Waals surface area (Å²) < 4.78 is 9.51. The molecule has 0 saturated heterocycles. The van der Waals surface area contributed by atoms with Gasteiger partial charge in [-0.25, -0.2) is 4.79 Å². The Bertz CT molecular complexity index is 297. The average molecular weight is 238 g/mol. The first kappa shape index (κ1) is 15.5. The Balaban J connectivity index is 3.72. The minimum Gasteiger partial charge on any atom is -0.430 e. The Morgan fingerprint density at radius 1 is 1.12 bits per heavy atom. The van der Waals surface area contributed by atoms with E-state index >= 15 is 0 Å². The second kappa shape index (κ2) is 9.70. The molecule has 3 nitrogen and oxygen atoms in total. The summed E-state index contributed by atoms with van der Waals surface area (Å²) in [5, 5.41) is 0. The van der Waals surface area contributed by atoms with E-state index in [2.05, 4.69) is 31.2 Å². The van der Waals surface area contributed by atoms with Gasteiger partial charge in [0.15, 0.2) is 0 Å². The smallest absolute Gasteiger partial charge is 0.430 e. The molecule has 0 amide bonds. The first-order valence-corrected chi connectivity index (χ1v) is 5.75. The molecule has 0 saturated carbocycles. The summed E-state index contributed by atoms with van der Waals surface area (Å²) in [5.41, 5.74) is 2.53. The summed E-state index contributed by atoms with van der Waals surface area (Å²) in [6.07, 6.45) is 6.94. The second-order valence-corrected chi connectivity index (χ2v) is 4.03. The topological polar surface area (TPSA) is 35.5 Å². The van der Waals surface area contributed by atoms with Gasteiger partial charge in [0.05, 0.1) is 0 Å². The maximum Gasteiger partial charge on any atom is 0.508 e. The molecule has 0 spiro atoms. The first-order chi connectivity index (χ1) is 8.06. The monoisotopic (exact) mass is 238 g/mol. The van der Waals surface area contributed by atoms with Crippen LogP contribution in [0.3, 0.4) is 0 Å². The van der Waals surface area contributed by atoms with Crippen LogP contribution in [0.15, 0.2) is 36.0 Å². The molecule has 0 radical (unpaired) electrons. The van der Waals surface area contributed by atoms with E-state index < -0.39 is 6.16 Å². The molecule has 0 heterocycles. The van der Waals surface area contributed by atoms with Crippen molar-refractivity contribution >= 4 is 6.16 Å². The zero-order valence-electron chi connectivity index (χ0n) is 11.0. The molecule has 0 unspecified atom stereocenters. The van der Waals surface area contributed by atoms with Gasteiger partial charge in [0.25, 0.3) is 0 Å². The van der Waals surface area contributed by atoms with Crippen LogP contribution in [0.25, 0.3) is 0 Å². The van der Waals surface area contributed by atoms with Crippen LogP contribution in [-0.4, -0.2) is 19.4 Å². The minimum atomic E-state index is -0.654. The third kappa shape index (κ3) is 10.8. The van der Waals surface area contributed by atoms with E-state index in [1.807, 2.05) is 13.0 Å². The van der Waals surface area contributed by atoms with Crippen LogP contribution in [0.2, 0.25) is 0 Å². The molecule has 17 heavy (non-hydrogen) atoms. The van der Waals surface area contributed by atoms with Gasteiger partial charge in [-0.05, 0) is 39.7 Å². The summed E-state index contributed by atoms with van der Waals surface area (Å²) in [6.45, 7) is 10.1. The van der Waals surface area contributed by atoms with Crippen LogP contribution in [0.5, 0.6) is 0 Å². The van der Waals surface area contributed by atoms with E-state index in [-0.39, 0.29) is 13.2 Å². The lowest BCUT2D eigenvalue weighted by atomic mass is 10.1. The molecule has 0 N–H and O–H groups in total. The average Bonchev–Trinajstić information content (AvgIpc) is 2.25. The number of hydrogen-bond donors (Lipinski definition) is 0. The fourth-order valence-corrected chi connectivity index (χ4v) is 1.11. The van der Waals surface area contributed by atoms with Gasteiger partial charge in [-0.3, -0.25) is 0 Å². The highest BCUT2D eigenvalue weighted by Crippen LogP contribution is 2.06. The van der Waals surface area contributed by atoms with E-state index in [1.54, 1.807) is 0 Å². The fourth-order valence-electron chi connectivity index (χ4n) is 1.11. The predicted molar refractivity (Wildman–Crippen MR) is 69.9 cm³/mol. The lowest BCUT2D eigenvalue weighted by Gasteiger charge is -2.03. The third-order valence-corrected chi connectivity index (χ3v) is 2.04. The van der Waals surface area contributed by atoms with Gasteiger partial charge in [0, 0.05) is 0 Å². The zero-order valence-corrected chi connectivity index (χ0v) is 11.0.